The number of aryl methyl sites for hydroxylation is 1. The lowest BCUT2D eigenvalue weighted by Gasteiger charge is -2.25. The third-order valence-electron chi connectivity index (χ3n) is 3.80. The lowest BCUT2D eigenvalue weighted by atomic mass is 9.89. The number of anilines is 1. The number of carbonyl (C=O) groups is 3. The highest BCUT2D eigenvalue weighted by Gasteiger charge is 2.36. The number of ether oxygens (including phenoxy) is 2. The zero-order valence-corrected chi connectivity index (χ0v) is 14.1. The molecule has 0 fully saturated rings. The van der Waals surface area contributed by atoms with E-state index in [0.717, 1.165) is 5.56 Å². The summed E-state index contributed by atoms with van der Waals surface area (Å²) < 4.78 is 9.97. The molecule has 0 bridgehead atoms. The first-order chi connectivity index (χ1) is 11.4. The first kappa shape index (κ1) is 17.5. The summed E-state index contributed by atoms with van der Waals surface area (Å²) in [6, 6.07) is 5.35. The molecule has 0 aromatic heterocycles. The highest BCUT2D eigenvalue weighted by Crippen LogP contribution is 2.29. The van der Waals surface area contributed by atoms with Crippen LogP contribution in [0.1, 0.15) is 18.9 Å². The zero-order valence-electron chi connectivity index (χ0n) is 14.1. The molecule has 1 aromatic carbocycles. The summed E-state index contributed by atoms with van der Waals surface area (Å²) >= 11 is 0. The number of esters is 1. The molecule has 2 N–H and O–H groups in total. The summed E-state index contributed by atoms with van der Waals surface area (Å²) in [6.45, 7) is 3.45. The lowest BCUT2D eigenvalue weighted by molar-refractivity contribution is -0.139. The fourth-order valence-corrected chi connectivity index (χ4v) is 2.64. The summed E-state index contributed by atoms with van der Waals surface area (Å²) in [7, 11) is 2.73. The van der Waals surface area contributed by atoms with Crippen LogP contribution in [0.25, 0.3) is 0 Å². The number of benzene rings is 1. The van der Waals surface area contributed by atoms with E-state index in [1.54, 1.807) is 19.1 Å². The van der Waals surface area contributed by atoms with E-state index in [1.165, 1.54) is 14.2 Å². The Bertz CT molecular complexity index is 724. The quantitative estimate of drug-likeness (QED) is 0.816. The van der Waals surface area contributed by atoms with Crippen molar-refractivity contribution in [2.24, 2.45) is 5.92 Å². The molecule has 0 saturated heterocycles. The molecule has 0 radical (unpaired) electrons. The Hall–Kier alpha value is -2.83. The summed E-state index contributed by atoms with van der Waals surface area (Å²) in [5, 5.41) is 5.30. The third kappa shape index (κ3) is 3.56. The largest absolute Gasteiger partial charge is 0.495 e. The van der Waals surface area contributed by atoms with Crippen LogP contribution in [0.3, 0.4) is 0 Å². The second-order valence-electron chi connectivity index (χ2n) is 5.53. The van der Waals surface area contributed by atoms with Gasteiger partial charge >= 0.3 is 5.97 Å². The predicted molar refractivity (Wildman–Crippen MR) is 87.3 cm³/mol. The molecule has 1 aliphatic heterocycles. The monoisotopic (exact) mass is 332 g/mol. The molecular weight excluding hydrogens is 312 g/mol. The van der Waals surface area contributed by atoms with Gasteiger partial charge in [-0.05, 0) is 31.5 Å². The molecule has 1 unspecified atom stereocenters. The van der Waals surface area contributed by atoms with Crippen molar-refractivity contribution in [3.8, 4) is 5.75 Å². The van der Waals surface area contributed by atoms with Crippen molar-refractivity contribution in [1.82, 2.24) is 5.32 Å². The number of methoxy groups -OCH3 is 2. The van der Waals surface area contributed by atoms with E-state index < -0.39 is 17.8 Å². The van der Waals surface area contributed by atoms with E-state index in [-0.39, 0.29) is 17.9 Å². The van der Waals surface area contributed by atoms with Crippen LogP contribution in [0.4, 0.5) is 5.69 Å². The molecule has 0 aliphatic carbocycles. The maximum Gasteiger partial charge on any atom is 0.336 e. The van der Waals surface area contributed by atoms with E-state index in [2.05, 4.69) is 10.6 Å². The molecule has 7 heteroatoms. The van der Waals surface area contributed by atoms with Gasteiger partial charge in [0.25, 0.3) is 0 Å². The Labute approximate surface area is 140 Å². The van der Waals surface area contributed by atoms with Crippen molar-refractivity contribution in [1.29, 1.82) is 0 Å². The van der Waals surface area contributed by atoms with Crippen molar-refractivity contribution in [2.45, 2.75) is 20.3 Å². The highest BCUT2D eigenvalue weighted by atomic mass is 16.5. The third-order valence-corrected chi connectivity index (χ3v) is 3.80. The van der Waals surface area contributed by atoms with E-state index in [0.29, 0.717) is 17.1 Å². The number of hydrogen-bond donors (Lipinski definition) is 2. The van der Waals surface area contributed by atoms with Crippen LogP contribution in [0, 0.1) is 12.8 Å². The van der Waals surface area contributed by atoms with Gasteiger partial charge in [0.2, 0.25) is 11.8 Å². The van der Waals surface area contributed by atoms with Crippen LogP contribution >= 0.6 is 0 Å². The number of hydrogen-bond acceptors (Lipinski definition) is 5. The van der Waals surface area contributed by atoms with Gasteiger partial charge in [-0.3, -0.25) is 9.59 Å². The molecule has 0 spiro atoms. The van der Waals surface area contributed by atoms with Gasteiger partial charge in [-0.2, -0.15) is 0 Å². The molecule has 1 heterocycles. The number of rotatable bonds is 4. The number of nitrogens with one attached hydrogen (secondary N) is 2. The van der Waals surface area contributed by atoms with E-state index in [4.69, 9.17) is 9.47 Å². The second kappa shape index (κ2) is 7.16. The SMILES string of the molecule is COC(=O)C1=C(C)NC(=O)CC1C(=O)Nc1cc(C)ccc1OC. The van der Waals surface area contributed by atoms with Crippen molar-refractivity contribution in [3.05, 3.63) is 35.0 Å². The minimum Gasteiger partial charge on any atom is -0.495 e. The minimum absolute atomic E-state index is 0.123. The average Bonchev–Trinajstić information content (AvgIpc) is 2.53. The van der Waals surface area contributed by atoms with Gasteiger partial charge in [0.15, 0.2) is 0 Å². The highest BCUT2D eigenvalue weighted by molar-refractivity contribution is 6.06. The Balaban J connectivity index is 2.34. The molecule has 2 amide bonds. The molecular formula is C17H20N2O5. The first-order valence-corrected chi connectivity index (χ1v) is 7.41. The summed E-state index contributed by atoms with van der Waals surface area (Å²) in [5.74, 6) is -1.85. The van der Waals surface area contributed by atoms with Crippen LogP contribution in [0.2, 0.25) is 0 Å². The van der Waals surface area contributed by atoms with Gasteiger partial charge in [0, 0.05) is 12.1 Å². The standard InChI is InChI=1S/C17H20N2O5/c1-9-5-6-13(23-3)12(7-9)19-16(21)11-8-14(20)18-10(2)15(11)17(22)24-4/h5-7,11H,8H2,1-4H3,(H,18,20)(H,19,21). The number of carbonyl (C=O) groups excluding carboxylic acids is 3. The molecule has 128 valence electrons. The Morgan fingerprint density at radius 1 is 1.25 bits per heavy atom. The predicted octanol–water partition coefficient (Wildman–Crippen LogP) is 1.53. The van der Waals surface area contributed by atoms with Crippen LogP contribution in [-0.4, -0.2) is 32.0 Å². The molecule has 1 atom stereocenters. The van der Waals surface area contributed by atoms with Crippen LogP contribution in [0.5, 0.6) is 5.75 Å². The molecule has 0 saturated carbocycles. The maximum atomic E-state index is 12.7. The van der Waals surface area contributed by atoms with Crippen LogP contribution in [-0.2, 0) is 19.1 Å². The van der Waals surface area contributed by atoms with Gasteiger partial charge in [0.1, 0.15) is 5.75 Å². The molecule has 1 aliphatic rings. The lowest BCUT2D eigenvalue weighted by Crippen LogP contribution is -2.40. The molecule has 7 nitrogen and oxygen atoms in total. The fourth-order valence-electron chi connectivity index (χ4n) is 2.64. The normalized spacial score (nSPS) is 17.2. The molecule has 2 rings (SSSR count). The van der Waals surface area contributed by atoms with Crippen LogP contribution < -0.4 is 15.4 Å². The van der Waals surface area contributed by atoms with Gasteiger partial charge in [-0.1, -0.05) is 6.07 Å². The number of amides is 2. The topological polar surface area (TPSA) is 93.7 Å². The smallest absolute Gasteiger partial charge is 0.336 e. The van der Waals surface area contributed by atoms with Gasteiger partial charge in [-0.15, -0.1) is 0 Å². The van der Waals surface area contributed by atoms with Crippen molar-refractivity contribution >= 4 is 23.5 Å². The van der Waals surface area contributed by atoms with Crippen molar-refractivity contribution < 1.29 is 23.9 Å². The van der Waals surface area contributed by atoms with E-state index >= 15 is 0 Å². The van der Waals surface area contributed by atoms with E-state index in [1.807, 2.05) is 13.0 Å². The first-order valence-electron chi connectivity index (χ1n) is 7.41. The fraction of sp³-hybridized carbons (Fsp3) is 0.353. The second-order valence-corrected chi connectivity index (χ2v) is 5.53. The van der Waals surface area contributed by atoms with Crippen LogP contribution in [0.15, 0.2) is 29.5 Å². The maximum absolute atomic E-state index is 12.7. The van der Waals surface area contributed by atoms with Gasteiger partial charge in [0.05, 0.1) is 31.4 Å². The summed E-state index contributed by atoms with van der Waals surface area (Å²) in [6.07, 6.45) is -0.123. The average molecular weight is 332 g/mol. The summed E-state index contributed by atoms with van der Waals surface area (Å²) in [4.78, 5) is 36.4. The summed E-state index contributed by atoms with van der Waals surface area (Å²) in [5.41, 5.74) is 1.90. The molecule has 24 heavy (non-hydrogen) atoms. The number of allylic oxidation sites excluding steroid dienone is 1. The molecule has 1 aromatic rings. The zero-order chi connectivity index (χ0) is 17.9. The van der Waals surface area contributed by atoms with Gasteiger partial charge < -0.3 is 20.1 Å². The Morgan fingerprint density at radius 2 is 1.96 bits per heavy atom. The van der Waals surface area contributed by atoms with E-state index in [9.17, 15) is 14.4 Å². The van der Waals surface area contributed by atoms with Crippen molar-refractivity contribution in [2.75, 3.05) is 19.5 Å². The van der Waals surface area contributed by atoms with Crippen molar-refractivity contribution in [3.63, 3.8) is 0 Å². The Morgan fingerprint density at radius 3 is 2.58 bits per heavy atom. The minimum atomic E-state index is -0.920. The Kier molecular flexibility index (Phi) is 5.23. The van der Waals surface area contributed by atoms with Gasteiger partial charge in [-0.25, -0.2) is 4.79 Å².